The molecule has 5 heterocycles. The second-order valence-electron chi connectivity index (χ2n) is 26.8. The first kappa shape index (κ1) is 61.3. The molecule has 0 spiro atoms. The normalized spacial score (nSPS) is 24.6. The molecule has 5 aliphatic rings. The van der Waals surface area contributed by atoms with Gasteiger partial charge in [0.15, 0.2) is 0 Å². The molecule has 8 nitrogen and oxygen atoms in total. The van der Waals surface area contributed by atoms with Crippen molar-refractivity contribution in [2.24, 2.45) is 10.8 Å². The number of rotatable bonds is 4. The van der Waals surface area contributed by atoms with Gasteiger partial charge in [-0.05, 0) is 148 Å². The number of benzene rings is 2. The van der Waals surface area contributed by atoms with Crippen LogP contribution in [-0.2, 0) is 89.8 Å². The van der Waals surface area contributed by atoms with Crippen molar-refractivity contribution in [3.63, 3.8) is 0 Å². The summed E-state index contributed by atoms with van der Waals surface area (Å²) in [6.45, 7) is 52.9. The SMILES string of the molecule is CC1(C)OB(B2OC(C)(C)C(C)(C)O2)OC1(C)C.CC1(C)OB(c2ccc(-c3[c-]cc4c(c3)C(C)(C)C(C)(C)C4(C)C)nc2)OC1(C)C.CC1(C)c2c[c-]c(-c3ccc(Br)cn3)cc2C(C)(C)C1(C)C.[Ir].[Ir]. The first-order chi connectivity index (χ1) is 31.6. The molecule has 0 atom stereocenters. The van der Waals surface area contributed by atoms with Crippen molar-refractivity contribution >= 4 is 42.5 Å². The zero-order valence-electron chi connectivity index (χ0n) is 47.9. The Morgan fingerprint density at radius 3 is 1.01 bits per heavy atom. The minimum Gasteiger partial charge on any atom is -0.405 e. The van der Waals surface area contributed by atoms with Gasteiger partial charge in [-0.2, -0.15) is 0 Å². The Labute approximate surface area is 471 Å². The number of hydrogen-bond donors (Lipinski definition) is 0. The standard InChI is InChI=1S/C26H35BNO2.C20H23BrN.C12H24B2O4.2Ir/c1-22(2)19-13-11-17(15-20(19)23(3,4)24(22,5)6)21-14-12-18(16-28-21)27-29-25(7,8)26(9,10)30-27;1-18(2)15-9-7-13(17-10-8-14(21)12-22-17)11-16(15)19(3,4)20(18,5)6;1-9(2)10(3,4)16-13(15-9)14-17-11(5,6)12(7,8)18-14;;/h12-16H,1-10H3;8-12H,1-6H3;1-8H3;;/q2*-1;;;. The predicted molar refractivity (Wildman–Crippen MR) is 292 cm³/mol. The van der Waals surface area contributed by atoms with E-state index in [0.29, 0.717) is 0 Å². The minimum atomic E-state index is -0.476. The zero-order valence-corrected chi connectivity index (χ0v) is 54.3. The van der Waals surface area contributed by atoms with Gasteiger partial charge in [0, 0.05) is 57.1 Å². The van der Waals surface area contributed by atoms with E-state index in [-0.39, 0.29) is 113 Å². The molecule has 14 heteroatoms. The summed E-state index contributed by atoms with van der Waals surface area (Å²) in [5.74, 6) is 0. The van der Waals surface area contributed by atoms with E-state index in [2.05, 4.69) is 180 Å². The summed E-state index contributed by atoms with van der Waals surface area (Å²) in [5.41, 5.74) is 9.21. The summed E-state index contributed by atoms with van der Waals surface area (Å²) in [6.07, 6.45) is 3.72. The Morgan fingerprint density at radius 1 is 0.403 bits per heavy atom. The van der Waals surface area contributed by atoms with Gasteiger partial charge in [-0.25, -0.2) is 0 Å². The Bertz CT molecular complexity index is 2540. The van der Waals surface area contributed by atoms with Crippen molar-refractivity contribution in [2.75, 3.05) is 0 Å². The third-order valence-corrected chi connectivity index (χ3v) is 20.7. The third kappa shape index (κ3) is 9.90. The van der Waals surface area contributed by atoms with E-state index in [1.165, 1.54) is 22.3 Å². The van der Waals surface area contributed by atoms with Gasteiger partial charge in [-0.15, -0.1) is 69.8 Å². The molecule has 9 rings (SSSR count). The third-order valence-electron chi connectivity index (χ3n) is 20.2. The molecule has 0 bridgehead atoms. The van der Waals surface area contributed by atoms with Crippen molar-refractivity contribution in [1.82, 2.24) is 9.97 Å². The Hall–Kier alpha value is -1.53. The summed E-state index contributed by atoms with van der Waals surface area (Å²) in [6, 6.07) is 24.1. The summed E-state index contributed by atoms with van der Waals surface area (Å²) >= 11 is 3.44. The molecule has 2 aliphatic carbocycles. The number of hydrogen-bond acceptors (Lipinski definition) is 8. The average molecular weight is 1400 g/mol. The molecule has 0 unspecified atom stereocenters. The van der Waals surface area contributed by atoms with E-state index in [4.69, 9.17) is 32.9 Å². The number of aromatic nitrogens is 2. The average Bonchev–Trinajstić information content (AvgIpc) is 3.78. The van der Waals surface area contributed by atoms with E-state index in [1.807, 2.05) is 79.9 Å². The summed E-state index contributed by atoms with van der Waals surface area (Å²) in [7, 11) is -1.34. The maximum atomic E-state index is 6.16. The van der Waals surface area contributed by atoms with Crippen LogP contribution >= 0.6 is 15.9 Å². The molecule has 2 radical (unpaired) electrons. The van der Waals surface area contributed by atoms with E-state index < -0.39 is 14.0 Å². The topological polar surface area (TPSA) is 81.2 Å². The first-order valence-corrected chi connectivity index (χ1v) is 26.2. The fraction of sp³-hybridized carbons (Fsp3) is 0.621. The van der Waals surface area contributed by atoms with Gasteiger partial charge in [0.1, 0.15) is 0 Å². The molecule has 0 amide bonds. The van der Waals surface area contributed by atoms with Crippen LogP contribution in [0.4, 0.5) is 0 Å². The van der Waals surface area contributed by atoms with Gasteiger partial charge in [0.05, 0.1) is 33.6 Å². The van der Waals surface area contributed by atoms with Crippen LogP contribution in [0.3, 0.4) is 0 Å². The molecule has 3 aliphatic heterocycles. The maximum absolute atomic E-state index is 6.16. The van der Waals surface area contributed by atoms with Gasteiger partial charge in [-0.3, -0.25) is 0 Å². The molecule has 2 aromatic heterocycles. The van der Waals surface area contributed by atoms with Gasteiger partial charge >= 0.3 is 21.1 Å². The van der Waals surface area contributed by atoms with Crippen molar-refractivity contribution in [3.8, 4) is 22.5 Å². The summed E-state index contributed by atoms with van der Waals surface area (Å²) in [4.78, 5) is 9.26. The van der Waals surface area contributed by atoms with E-state index >= 15 is 0 Å². The fourth-order valence-corrected chi connectivity index (χ4v) is 10.7. The van der Waals surface area contributed by atoms with Crippen molar-refractivity contribution in [2.45, 2.75) is 221 Å². The van der Waals surface area contributed by atoms with Crippen LogP contribution in [0.5, 0.6) is 0 Å². The molecule has 72 heavy (non-hydrogen) atoms. The number of pyridine rings is 2. The molecule has 3 fully saturated rings. The molecule has 2 aromatic carbocycles. The Balaban J connectivity index is 0.000000205. The zero-order chi connectivity index (χ0) is 52.6. The second kappa shape index (κ2) is 19.4. The van der Waals surface area contributed by atoms with Crippen LogP contribution in [0.2, 0.25) is 0 Å². The molecule has 4 aromatic rings. The molecular weight excluding hydrogens is 1320 g/mol. The molecule has 0 N–H and O–H groups in total. The van der Waals surface area contributed by atoms with Gasteiger partial charge in [-0.1, -0.05) is 107 Å². The Morgan fingerprint density at radius 2 is 0.708 bits per heavy atom. The molecular formula is C58H82B3BrIr2N2O6-2. The molecule has 396 valence electrons. The minimum absolute atomic E-state index is 0. The summed E-state index contributed by atoms with van der Waals surface area (Å²) < 4.78 is 37.2. The maximum Gasteiger partial charge on any atom is 0.496 e. The van der Waals surface area contributed by atoms with Crippen LogP contribution in [-0.4, -0.2) is 64.7 Å². The van der Waals surface area contributed by atoms with Gasteiger partial charge < -0.3 is 37.9 Å². The van der Waals surface area contributed by atoms with Crippen LogP contribution < -0.4 is 5.46 Å². The largest absolute Gasteiger partial charge is 0.496 e. The van der Waals surface area contributed by atoms with E-state index in [9.17, 15) is 0 Å². The van der Waals surface area contributed by atoms with Crippen molar-refractivity contribution < 1.29 is 68.1 Å². The van der Waals surface area contributed by atoms with Gasteiger partial charge in [0.2, 0.25) is 0 Å². The first-order valence-electron chi connectivity index (χ1n) is 25.4. The van der Waals surface area contributed by atoms with E-state index in [0.717, 1.165) is 32.5 Å². The fourth-order valence-electron chi connectivity index (χ4n) is 10.5. The van der Waals surface area contributed by atoms with Crippen LogP contribution in [0.25, 0.3) is 22.5 Å². The van der Waals surface area contributed by atoms with Crippen molar-refractivity contribution in [1.29, 1.82) is 0 Å². The monoisotopic (exact) mass is 1400 g/mol. The number of nitrogens with zero attached hydrogens (tertiary/aromatic N) is 2. The smallest absolute Gasteiger partial charge is 0.405 e. The second-order valence-corrected chi connectivity index (χ2v) is 27.7. The quantitative estimate of drug-likeness (QED) is 0.148. The number of halogens is 1. The van der Waals surface area contributed by atoms with Crippen LogP contribution in [0.1, 0.15) is 188 Å². The molecule has 0 saturated carbocycles. The molecule has 3 saturated heterocycles. The van der Waals surface area contributed by atoms with Crippen molar-refractivity contribution in [3.05, 3.63) is 99.8 Å². The van der Waals surface area contributed by atoms with Crippen LogP contribution in [0, 0.1) is 23.0 Å². The van der Waals surface area contributed by atoms with Gasteiger partial charge in [0.25, 0.3) is 0 Å². The number of fused-ring (bicyclic) bond motifs is 2. The Kier molecular flexibility index (Phi) is 16.6. The van der Waals surface area contributed by atoms with Crippen LogP contribution in [0.15, 0.2) is 65.4 Å². The van der Waals surface area contributed by atoms with E-state index in [1.54, 1.807) is 0 Å². The summed E-state index contributed by atoms with van der Waals surface area (Å²) in [5, 5.41) is 0. The predicted octanol–water partition coefficient (Wildman–Crippen LogP) is 13.6.